The third-order valence-electron chi connectivity index (χ3n) is 4.72. The van der Waals surface area contributed by atoms with E-state index in [1.54, 1.807) is 6.07 Å². The Balaban J connectivity index is 1.46. The quantitative estimate of drug-likeness (QED) is 0.895. The molecule has 0 aliphatic carbocycles. The molecule has 1 saturated heterocycles. The number of aromatic nitrogens is 2. The van der Waals surface area contributed by atoms with Crippen LogP contribution in [0.2, 0.25) is 0 Å². The van der Waals surface area contributed by atoms with Gasteiger partial charge < -0.3 is 10.2 Å². The molecule has 1 aliphatic heterocycles. The van der Waals surface area contributed by atoms with Crippen LogP contribution in [0.25, 0.3) is 0 Å². The first-order valence-electron chi connectivity index (χ1n) is 9.10. The first-order chi connectivity index (χ1) is 12.5. The van der Waals surface area contributed by atoms with Crippen LogP contribution in [0.3, 0.4) is 0 Å². The van der Waals surface area contributed by atoms with Crippen LogP contribution in [0, 0.1) is 25.6 Å². The van der Waals surface area contributed by atoms with Gasteiger partial charge in [-0.05, 0) is 56.9 Å². The standard InChI is InChI=1S/C20H25FN4O/c1-14-12-15(2)24-20(23-14)25-10-7-17(8-11-25)19(26)22-9-6-16-4-3-5-18(21)13-16/h3-5,12-13,17H,6-11H2,1-2H3,(H,22,26). The maximum Gasteiger partial charge on any atom is 0.225 e. The third kappa shape index (κ3) is 4.77. The second-order valence-electron chi connectivity index (χ2n) is 6.88. The lowest BCUT2D eigenvalue weighted by Gasteiger charge is -2.31. The van der Waals surface area contributed by atoms with Gasteiger partial charge in [-0.1, -0.05) is 12.1 Å². The number of piperidine rings is 1. The number of amides is 1. The minimum atomic E-state index is -0.241. The summed E-state index contributed by atoms with van der Waals surface area (Å²) in [5, 5.41) is 2.98. The minimum Gasteiger partial charge on any atom is -0.356 e. The molecule has 0 bridgehead atoms. The zero-order chi connectivity index (χ0) is 18.5. The van der Waals surface area contributed by atoms with E-state index in [1.165, 1.54) is 12.1 Å². The number of carbonyl (C=O) groups is 1. The van der Waals surface area contributed by atoms with E-state index in [-0.39, 0.29) is 17.6 Å². The Hall–Kier alpha value is -2.50. The van der Waals surface area contributed by atoms with Gasteiger partial charge >= 0.3 is 0 Å². The second kappa shape index (κ2) is 8.25. The summed E-state index contributed by atoms with van der Waals surface area (Å²) in [7, 11) is 0. The van der Waals surface area contributed by atoms with Crippen LogP contribution < -0.4 is 10.2 Å². The number of hydrogen-bond acceptors (Lipinski definition) is 4. The minimum absolute atomic E-state index is 0.0182. The number of rotatable bonds is 5. The fourth-order valence-corrected chi connectivity index (χ4v) is 3.36. The van der Waals surface area contributed by atoms with Crippen LogP contribution in [0.1, 0.15) is 29.8 Å². The van der Waals surface area contributed by atoms with Crippen molar-refractivity contribution in [3.8, 4) is 0 Å². The smallest absolute Gasteiger partial charge is 0.225 e. The molecule has 1 aromatic carbocycles. The van der Waals surface area contributed by atoms with E-state index in [9.17, 15) is 9.18 Å². The Kier molecular flexibility index (Phi) is 5.81. The van der Waals surface area contributed by atoms with Gasteiger partial charge in [0.15, 0.2) is 0 Å². The van der Waals surface area contributed by atoms with Crippen LogP contribution in [0.5, 0.6) is 0 Å². The second-order valence-corrected chi connectivity index (χ2v) is 6.88. The Morgan fingerprint density at radius 1 is 1.19 bits per heavy atom. The number of aryl methyl sites for hydroxylation is 2. The lowest BCUT2D eigenvalue weighted by molar-refractivity contribution is -0.125. The van der Waals surface area contributed by atoms with Gasteiger partial charge in [0.2, 0.25) is 11.9 Å². The van der Waals surface area contributed by atoms with E-state index in [0.29, 0.717) is 13.0 Å². The van der Waals surface area contributed by atoms with Crippen molar-refractivity contribution in [2.45, 2.75) is 33.1 Å². The first-order valence-corrected chi connectivity index (χ1v) is 9.10. The number of benzene rings is 1. The summed E-state index contributed by atoms with van der Waals surface area (Å²) >= 11 is 0. The molecule has 138 valence electrons. The SMILES string of the molecule is Cc1cc(C)nc(N2CCC(C(=O)NCCc3cccc(F)c3)CC2)n1. The first kappa shape index (κ1) is 18.3. The molecule has 0 spiro atoms. The topological polar surface area (TPSA) is 58.1 Å². The highest BCUT2D eigenvalue weighted by Gasteiger charge is 2.26. The van der Waals surface area contributed by atoms with Crippen LogP contribution in [-0.2, 0) is 11.2 Å². The average molecular weight is 356 g/mol. The van der Waals surface area contributed by atoms with Gasteiger partial charge in [0.1, 0.15) is 5.82 Å². The molecule has 0 saturated carbocycles. The lowest BCUT2D eigenvalue weighted by atomic mass is 9.96. The number of hydrogen-bond donors (Lipinski definition) is 1. The van der Waals surface area contributed by atoms with Gasteiger partial charge in [-0.3, -0.25) is 4.79 Å². The van der Waals surface area contributed by atoms with Crippen molar-refractivity contribution in [3.63, 3.8) is 0 Å². The molecule has 5 nitrogen and oxygen atoms in total. The molecular weight excluding hydrogens is 331 g/mol. The molecule has 2 aromatic rings. The van der Waals surface area contributed by atoms with E-state index in [4.69, 9.17) is 0 Å². The van der Waals surface area contributed by atoms with Crippen molar-refractivity contribution in [2.24, 2.45) is 5.92 Å². The fourth-order valence-electron chi connectivity index (χ4n) is 3.36. The van der Waals surface area contributed by atoms with Gasteiger partial charge in [-0.2, -0.15) is 0 Å². The van der Waals surface area contributed by atoms with Crippen molar-refractivity contribution < 1.29 is 9.18 Å². The van der Waals surface area contributed by atoms with Crippen LogP contribution in [0.15, 0.2) is 30.3 Å². The van der Waals surface area contributed by atoms with Crippen molar-refractivity contribution >= 4 is 11.9 Å². The third-order valence-corrected chi connectivity index (χ3v) is 4.72. The van der Waals surface area contributed by atoms with Crippen molar-refractivity contribution in [1.29, 1.82) is 0 Å². The number of carbonyl (C=O) groups excluding carboxylic acids is 1. The predicted octanol–water partition coefficient (Wildman–Crippen LogP) is 2.81. The molecule has 0 atom stereocenters. The van der Waals surface area contributed by atoms with Crippen LogP contribution in [-0.4, -0.2) is 35.5 Å². The molecule has 26 heavy (non-hydrogen) atoms. The van der Waals surface area contributed by atoms with E-state index in [2.05, 4.69) is 20.2 Å². The Morgan fingerprint density at radius 2 is 1.88 bits per heavy atom. The van der Waals surface area contributed by atoms with Crippen LogP contribution in [0.4, 0.5) is 10.3 Å². The van der Waals surface area contributed by atoms with Crippen molar-refractivity contribution in [2.75, 3.05) is 24.5 Å². The maximum absolute atomic E-state index is 13.2. The summed E-state index contributed by atoms with van der Waals surface area (Å²) < 4.78 is 13.2. The van der Waals surface area contributed by atoms with Crippen molar-refractivity contribution in [3.05, 3.63) is 53.1 Å². The number of nitrogens with one attached hydrogen (secondary N) is 1. The van der Waals surface area contributed by atoms with Gasteiger partial charge in [-0.15, -0.1) is 0 Å². The number of halogens is 1. The van der Waals surface area contributed by atoms with E-state index < -0.39 is 0 Å². The zero-order valence-electron chi connectivity index (χ0n) is 15.3. The molecule has 1 amide bonds. The largest absolute Gasteiger partial charge is 0.356 e. The molecule has 1 fully saturated rings. The van der Waals surface area contributed by atoms with Gasteiger partial charge in [0.05, 0.1) is 0 Å². The van der Waals surface area contributed by atoms with Gasteiger partial charge in [-0.25, -0.2) is 14.4 Å². The summed E-state index contributed by atoms with van der Waals surface area (Å²) in [5.41, 5.74) is 2.82. The van der Waals surface area contributed by atoms with Crippen molar-refractivity contribution in [1.82, 2.24) is 15.3 Å². The van der Waals surface area contributed by atoms with E-state index in [0.717, 1.165) is 48.8 Å². The van der Waals surface area contributed by atoms with E-state index >= 15 is 0 Å². The fraction of sp³-hybridized carbons (Fsp3) is 0.450. The highest BCUT2D eigenvalue weighted by Crippen LogP contribution is 2.21. The molecule has 1 aromatic heterocycles. The molecule has 0 unspecified atom stereocenters. The molecular formula is C20H25FN4O. The number of nitrogens with zero attached hydrogens (tertiary/aromatic N) is 3. The molecule has 0 radical (unpaired) electrons. The Bertz CT molecular complexity index is 752. The summed E-state index contributed by atoms with van der Waals surface area (Å²) in [4.78, 5) is 23.5. The predicted molar refractivity (Wildman–Crippen MR) is 99.6 cm³/mol. The maximum atomic E-state index is 13.2. The summed E-state index contributed by atoms with van der Waals surface area (Å²) in [6.07, 6.45) is 2.23. The summed E-state index contributed by atoms with van der Waals surface area (Å²) in [6.45, 7) is 6.03. The van der Waals surface area contributed by atoms with Crippen LogP contribution >= 0.6 is 0 Å². The average Bonchev–Trinajstić information content (AvgIpc) is 2.61. The monoisotopic (exact) mass is 356 g/mol. The van der Waals surface area contributed by atoms with E-state index in [1.807, 2.05) is 26.0 Å². The molecule has 1 N–H and O–H groups in total. The molecule has 3 rings (SSSR count). The van der Waals surface area contributed by atoms with Gasteiger partial charge in [0, 0.05) is 36.9 Å². The Morgan fingerprint density at radius 3 is 2.54 bits per heavy atom. The Labute approximate surface area is 153 Å². The zero-order valence-corrected chi connectivity index (χ0v) is 15.3. The molecule has 2 heterocycles. The molecule has 1 aliphatic rings. The summed E-state index contributed by atoms with van der Waals surface area (Å²) in [6, 6.07) is 8.46. The number of anilines is 1. The molecule has 6 heteroatoms. The van der Waals surface area contributed by atoms with Gasteiger partial charge in [0.25, 0.3) is 0 Å². The summed E-state index contributed by atoms with van der Waals surface area (Å²) in [5.74, 6) is 0.620. The highest BCUT2D eigenvalue weighted by molar-refractivity contribution is 5.78. The lowest BCUT2D eigenvalue weighted by Crippen LogP contribution is -2.41. The normalized spacial score (nSPS) is 15.1. The highest BCUT2D eigenvalue weighted by atomic mass is 19.1.